The van der Waals surface area contributed by atoms with E-state index in [1.165, 1.54) is 0 Å². The van der Waals surface area contributed by atoms with Gasteiger partial charge in [0.15, 0.2) is 0 Å². The van der Waals surface area contributed by atoms with E-state index in [1.54, 1.807) is 0 Å². The number of nitriles is 1. The van der Waals surface area contributed by atoms with Gasteiger partial charge in [0.1, 0.15) is 11.9 Å². The number of ether oxygens (including phenoxy) is 1. The Balaban J connectivity index is 2.00. The van der Waals surface area contributed by atoms with Crippen LogP contribution in [0.3, 0.4) is 0 Å². The quantitative estimate of drug-likeness (QED) is 0.874. The van der Waals surface area contributed by atoms with E-state index in [1.807, 2.05) is 36.4 Å². The van der Waals surface area contributed by atoms with Crippen molar-refractivity contribution in [2.24, 2.45) is 5.73 Å². The van der Waals surface area contributed by atoms with E-state index >= 15 is 0 Å². The molecule has 1 fully saturated rings. The lowest BCUT2D eigenvalue weighted by atomic mass is 9.90. The molecule has 1 aliphatic carbocycles. The molecule has 2 aromatic carbocycles. The zero-order valence-electron chi connectivity index (χ0n) is 9.97. The van der Waals surface area contributed by atoms with Gasteiger partial charge in [0.05, 0.1) is 11.6 Å². The van der Waals surface area contributed by atoms with Crippen LogP contribution in [0.4, 0.5) is 0 Å². The molecule has 0 aromatic heterocycles. The van der Waals surface area contributed by atoms with Gasteiger partial charge in [-0.3, -0.25) is 0 Å². The van der Waals surface area contributed by atoms with E-state index in [9.17, 15) is 0 Å². The van der Waals surface area contributed by atoms with Crippen molar-refractivity contribution in [3.8, 4) is 11.8 Å². The van der Waals surface area contributed by atoms with Crippen molar-refractivity contribution < 1.29 is 4.74 Å². The predicted molar refractivity (Wildman–Crippen MR) is 70.3 cm³/mol. The molecule has 3 heteroatoms. The first-order valence-electron chi connectivity index (χ1n) is 6.12. The summed E-state index contributed by atoms with van der Waals surface area (Å²) in [6, 6.07) is 14.0. The summed E-state index contributed by atoms with van der Waals surface area (Å²) < 4.78 is 5.94. The highest BCUT2D eigenvalue weighted by Crippen LogP contribution is 2.32. The number of fused-ring (bicyclic) bond motifs is 1. The van der Waals surface area contributed by atoms with Crippen LogP contribution < -0.4 is 10.5 Å². The minimum atomic E-state index is 0.219. The summed E-state index contributed by atoms with van der Waals surface area (Å²) in [6.07, 6.45) is 2.04. The van der Waals surface area contributed by atoms with Gasteiger partial charge in [-0.05, 0) is 25.0 Å². The van der Waals surface area contributed by atoms with Crippen molar-refractivity contribution in [3.05, 3.63) is 42.0 Å². The van der Waals surface area contributed by atoms with Crippen LogP contribution >= 0.6 is 0 Å². The van der Waals surface area contributed by atoms with Gasteiger partial charge in [0, 0.05) is 16.8 Å². The Hall–Kier alpha value is -2.05. The highest BCUT2D eigenvalue weighted by atomic mass is 16.5. The van der Waals surface area contributed by atoms with Crippen molar-refractivity contribution in [3.63, 3.8) is 0 Å². The summed E-state index contributed by atoms with van der Waals surface area (Å²) in [7, 11) is 0. The van der Waals surface area contributed by atoms with Crippen LogP contribution in [0.1, 0.15) is 18.4 Å². The van der Waals surface area contributed by atoms with E-state index in [4.69, 9.17) is 15.7 Å². The van der Waals surface area contributed by atoms with Crippen molar-refractivity contribution in [1.82, 2.24) is 0 Å². The molecule has 3 nitrogen and oxygen atoms in total. The third-order valence-electron chi connectivity index (χ3n) is 3.43. The summed E-state index contributed by atoms with van der Waals surface area (Å²) in [5.41, 5.74) is 6.44. The van der Waals surface area contributed by atoms with E-state index in [0.29, 0.717) is 5.56 Å². The largest absolute Gasteiger partial charge is 0.490 e. The third kappa shape index (κ3) is 1.81. The van der Waals surface area contributed by atoms with Crippen LogP contribution in [0.15, 0.2) is 36.4 Å². The van der Waals surface area contributed by atoms with Crippen molar-refractivity contribution in [2.45, 2.75) is 25.0 Å². The average Bonchev–Trinajstić information content (AvgIpc) is 2.37. The summed E-state index contributed by atoms with van der Waals surface area (Å²) in [5, 5.41) is 11.0. The maximum atomic E-state index is 9.09. The van der Waals surface area contributed by atoms with E-state index in [2.05, 4.69) is 6.07 Å². The molecule has 0 aliphatic heterocycles. The molecule has 18 heavy (non-hydrogen) atoms. The Labute approximate surface area is 106 Å². The molecule has 3 rings (SSSR count). The topological polar surface area (TPSA) is 59.0 Å². The van der Waals surface area contributed by atoms with Gasteiger partial charge in [0.25, 0.3) is 0 Å². The van der Waals surface area contributed by atoms with Gasteiger partial charge < -0.3 is 10.5 Å². The van der Waals surface area contributed by atoms with Crippen molar-refractivity contribution in [1.29, 1.82) is 5.26 Å². The number of hydrogen-bond acceptors (Lipinski definition) is 3. The minimum absolute atomic E-state index is 0.219. The summed E-state index contributed by atoms with van der Waals surface area (Å²) in [5.74, 6) is 0.849. The van der Waals surface area contributed by atoms with Gasteiger partial charge in [-0.1, -0.05) is 24.3 Å². The van der Waals surface area contributed by atoms with Gasteiger partial charge >= 0.3 is 0 Å². The molecule has 0 bridgehead atoms. The lowest BCUT2D eigenvalue weighted by Gasteiger charge is -2.33. The van der Waals surface area contributed by atoms with E-state index in [0.717, 1.165) is 29.4 Å². The minimum Gasteiger partial charge on any atom is -0.490 e. The molecule has 0 atom stereocenters. The van der Waals surface area contributed by atoms with Crippen molar-refractivity contribution in [2.75, 3.05) is 0 Å². The number of hydrogen-bond donors (Lipinski definition) is 1. The molecule has 0 radical (unpaired) electrons. The normalized spacial score (nSPS) is 22.2. The van der Waals surface area contributed by atoms with Gasteiger partial charge in [0.2, 0.25) is 0 Å². The first-order chi connectivity index (χ1) is 8.78. The monoisotopic (exact) mass is 238 g/mol. The maximum absolute atomic E-state index is 9.09. The molecule has 0 heterocycles. The first-order valence-corrected chi connectivity index (χ1v) is 6.12. The first kappa shape index (κ1) is 11.1. The molecule has 2 N–H and O–H groups in total. The fraction of sp³-hybridized carbons (Fsp3) is 0.267. The van der Waals surface area contributed by atoms with Crippen LogP contribution in [-0.2, 0) is 0 Å². The lowest BCUT2D eigenvalue weighted by Crippen LogP contribution is -2.43. The zero-order valence-corrected chi connectivity index (χ0v) is 9.97. The molecule has 0 spiro atoms. The standard InChI is InChI=1S/C15H14N2O/c16-9-10-5-6-15(18-12-7-11(17)8-12)14-4-2-1-3-13(10)14/h1-6,11-12H,7-8,17H2. The third-order valence-corrected chi connectivity index (χ3v) is 3.43. The summed E-state index contributed by atoms with van der Waals surface area (Å²) >= 11 is 0. The van der Waals surface area contributed by atoms with Gasteiger partial charge in [-0.25, -0.2) is 0 Å². The van der Waals surface area contributed by atoms with Crippen LogP contribution in [0.5, 0.6) is 5.75 Å². The second-order valence-electron chi connectivity index (χ2n) is 4.74. The Kier molecular flexibility index (Phi) is 2.66. The smallest absolute Gasteiger partial charge is 0.127 e. The molecule has 0 saturated heterocycles. The van der Waals surface area contributed by atoms with Gasteiger partial charge in [-0.2, -0.15) is 5.26 Å². The van der Waals surface area contributed by atoms with Crippen LogP contribution in [0.2, 0.25) is 0 Å². The van der Waals surface area contributed by atoms with Crippen LogP contribution in [-0.4, -0.2) is 12.1 Å². The summed E-state index contributed by atoms with van der Waals surface area (Å²) in [4.78, 5) is 0. The van der Waals surface area contributed by atoms with E-state index in [-0.39, 0.29) is 12.1 Å². The van der Waals surface area contributed by atoms with Crippen LogP contribution in [0.25, 0.3) is 10.8 Å². The number of nitrogens with zero attached hydrogens (tertiary/aromatic N) is 1. The average molecular weight is 238 g/mol. The predicted octanol–water partition coefficient (Wildman–Crippen LogP) is 2.58. The highest BCUT2D eigenvalue weighted by Gasteiger charge is 2.28. The molecular weight excluding hydrogens is 224 g/mol. The number of nitrogens with two attached hydrogens (primary N) is 1. The van der Waals surface area contributed by atoms with Gasteiger partial charge in [-0.15, -0.1) is 0 Å². The Morgan fingerprint density at radius 1 is 1.11 bits per heavy atom. The Morgan fingerprint density at radius 3 is 2.50 bits per heavy atom. The highest BCUT2D eigenvalue weighted by molar-refractivity contribution is 5.92. The number of rotatable bonds is 2. The van der Waals surface area contributed by atoms with E-state index < -0.39 is 0 Å². The maximum Gasteiger partial charge on any atom is 0.127 e. The number of benzene rings is 2. The SMILES string of the molecule is N#Cc1ccc(OC2CC(N)C2)c2ccccc12. The molecule has 0 unspecified atom stereocenters. The Morgan fingerprint density at radius 2 is 1.83 bits per heavy atom. The summed E-state index contributed by atoms with van der Waals surface area (Å²) in [6.45, 7) is 0. The fourth-order valence-electron chi connectivity index (χ4n) is 2.35. The fourth-order valence-corrected chi connectivity index (χ4v) is 2.35. The molecular formula is C15H14N2O. The Bertz CT molecular complexity index is 624. The lowest BCUT2D eigenvalue weighted by molar-refractivity contribution is 0.103. The van der Waals surface area contributed by atoms with Crippen molar-refractivity contribution >= 4 is 10.8 Å². The molecule has 90 valence electrons. The molecule has 1 saturated carbocycles. The second kappa shape index (κ2) is 4.32. The van der Waals surface area contributed by atoms with Crippen LogP contribution in [0, 0.1) is 11.3 Å². The zero-order chi connectivity index (χ0) is 12.5. The second-order valence-corrected chi connectivity index (χ2v) is 4.74. The molecule has 1 aliphatic rings. The molecule has 0 amide bonds. The molecule has 2 aromatic rings.